The van der Waals surface area contributed by atoms with Gasteiger partial charge in [0.2, 0.25) is 0 Å². The van der Waals surface area contributed by atoms with E-state index in [1.54, 1.807) is 6.33 Å². The fourth-order valence-electron chi connectivity index (χ4n) is 3.55. The van der Waals surface area contributed by atoms with E-state index in [-0.39, 0.29) is 0 Å². The first kappa shape index (κ1) is 11.6. The number of anilines is 1. The first-order valence-corrected chi connectivity index (χ1v) is 7.71. The normalized spacial score (nSPS) is 26.6. The fraction of sp³-hybridized carbons (Fsp3) is 0.733. The molecular weight excluding hydrogens is 236 g/mol. The quantitative estimate of drug-likeness (QED) is 0.895. The molecule has 19 heavy (non-hydrogen) atoms. The van der Waals surface area contributed by atoms with E-state index in [2.05, 4.69) is 20.2 Å². The van der Waals surface area contributed by atoms with Gasteiger partial charge in [-0.15, -0.1) is 0 Å². The minimum atomic E-state index is 0.799. The summed E-state index contributed by atoms with van der Waals surface area (Å²) in [6.45, 7) is 3.66. The molecule has 1 aromatic heterocycles. The Labute approximate surface area is 114 Å². The number of fused-ring (bicyclic) bond motifs is 1. The topological polar surface area (TPSA) is 41.1 Å². The van der Waals surface area contributed by atoms with Crippen molar-refractivity contribution in [1.82, 2.24) is 14.9 Å². The van der Waals surface area contributed by atoms with Crippen LogP contribution in [-0.4, -0.2) is 40.5 Å². The van der Waals surface area contributed by atoms with Crippen molar-refractivity contribution in [3.63, 3.8) is 0 Å². The summed E-state index contributed by atoms with van der Waals surface area (Å²) in [7, 11) is 0. The van der Waals surface area contributed by atoms with Crippen LogP contribution in [0.2, 0.25) is 0 Å². The van der Waals surface area contributed by atoms with E-state index >= 15 is 0 Å². The van der Waals surface area contributed by atoms with Gasteiger partial charge in [0.25, 0.3) is 0 Å². The first-order chi connectivity index (χ1) is 9.40. The zero-order valence-electron chi connectivity index (χ0n) is 11.4. The zero-order chi connectivity index (χ0) is 12.7. The van der Waals surface area contributed by atoms with E-state index in [0.717, 1.165) is 37.2 Å². The zero-order valence-corrected chi connectivity index (χ0v) is 11.4. The van der Waals surface area contributed by atoms with E-state index < -0.39 is 0 Å². The lowest BCUT2D eigenvalue weighted by Crippen LogP contribution is -2.25. The lowest BCUT2D eigenvalue weighted by atomic mass is 10.1. The fourth-order valence-corrected chi connectivity index (χ4v) is 3.55. The summed E-state index contributed by atoms with van der Waals surface area (Å²) in [6, 6.07) is 0.924. The summed E-state index contributed by atoms with van der Waals surface area (Å²) in [4.78, 5) is 11.5. The molecule has 4 rings (SSSR count). The van der Waals surface area contributed by atoms with Gasteiger partial charge in [-0.1, -0.05) is 0 Å². The van der Waals surface area contributed by atoms with Crippen molar-refractivity contribution >= 4 is 5.82 Å². The molecule has 2 heterocycles. The highest BCUT2D eigenvalue weighted by Crippen LogP contribution is 2.32. The molecule has 2 fully saturated rings. The van der Waals surface area contributed by atoms with Gasteiger partial charge in [0, 0.05) is 30.4 Å². The molecule has 4 heteroatoms. The number of aromatic nitrogens is 2. The largest absolute Gasteiger partial charge is 0.369 e. The third-order valence-corrected chi connectivity index (χ3v) is 4.81. The Morgan fingerprint density at radius 2 is 2.16 bits per heavy atom. The number of likely N-dealkylation sites (tertiary alicyclic amines) is 1. The molecule has 0 aromatic carbocycles. The molecule has 0 bridgehead atoms. The second kappa shape index (κ2) is 4.75. The second-order valence-electron chi connectivity index (χ2n) is 6.26. The SMILES string of the molecule is c1nc2c(c(NCC3CCN(C4CC4)C3)n1)CCC2. The molecule has 1 unspecified atom stereocenters. The van der Waals surface area contributed by atoms with Gasteiger partial charge in [0.05, 0.1) is 0 Å². The summed E-state index contributed by atoms with van der Waals surface area (Å²) < 4.78 is 0. The second-order valence-corrected chi connectivity index (χ2v) is 6.26. The van der Waals surface area contributed by atoms with Crippen molar-refractivity contribution in [3.8, 4) is 0 Å². The van der Waals surface area contributed by atoms with Crippen LogP contribution in [0.3, 0.4) is 0 Å². The number of nitrogens with zero attached hydrogens (tertiary/aromatic N) is 3. The molecule has 0 radical (unpaired) electrons. The van der Waals surface area contributed by atoms with Gasteiger partial charge in [-0.2, -0.15) is 0 Å². The van der Waals surface area contributed by atoms with E-state index in [1.165, 1.54) is 50.0 Å². The van der Waals surface area contributed by atoms with Crippen molar-refractivity contribution in [2.45, 2.75) is 44.6 Å². The minimum Gasteiger partial charge on any atom is -0.369 e. The van der Waals surface area contributed by atoms with Gasteiger partial charge in [0.15, 0.2) is 0 Å². The Kier molecular flexibility index (Phi) is 2.91. The Bertz CT molecular complexity index is 469. The van der Waals surface area contributed by atoms with Gasteiger partial charge in [-0.05, 0) is 51.0 Å². The van der Waals surface area contributed by atoms with Crippen LogP contribution in [0, 0.1) is 5.92 Å². The highest BCUT2D eigenvalue weighted by Gasteiger charge is 2.34. The molecular formula is C15H22N4. The maximum absolute atomic E-state index is 4.44. The first-order valence-electron chi connectivity index (χ1n) is 7.71. The van der Waals surface area contributed by atoms with Crippen LogP contribution < -0.4 is 5.32 Å². The molecule has 1 saturated heterocycles. The highest BCUT2D eigenvalue weighted by molar-refractivity contribution is 5.47. The third kappa shape index (κ3) is 2.34. The Morgan fingerprint density at radius 1 is 1.21 bits per heavy atom. The Hall–Kier alpha value is -1.16. The standard InChI is InChI=1S/C15H22N4/c1-2-13-14(3-1)17-10-18-15(13)16-8-11-6-7-19(9-11)12-4-5-12/h10-12H,1-9H2,(H,16,17,18). The third-order valence-electron chi connectivity index (χ3n) is 4.81. The molecule has 102 valence electrons. The van der Waals surface area contributed by atoms with Crippen LogP contribution in [0.1, 0.15) is 36.9 Å². The van der Waals surface area contributed by atoms with Crippen LogP contribution >= 0.6 is 0 Å². The molecule has 1 aliphatic heterocycles. The predicted molar refractivity (Wildman–Crippen MR) is 75.2 cm³/mol. The van der Waals surface area contributed by atoms with Crippen molar-refractivity contribution in [1.29, 1.82) is 0 Å². The molecule has 4 nitrogen and oxygen atoms in total. The van der Waals surface area contributed by atoms with Crippen LogP contribution in [0.25, 0.3) is 0 Å². The number of nitrogens with one attached hydrogen (secondary N) is 1. The van der Waals surface area contributed by atoms with Crippen LogP contribution in [-0.2, 0) is 12.8 Å². The van der Waals surface area contributed by atoms with Crippen molar-refractivity contribution in [2.75, 3.05) is 25.0 Å². The maximum Gasteiger partial charge on any atom is 0.132 e. The van der Waals surface area contributed by atoms with Gasteiger partial charge >= 0.3 is 0 Å². The van der Waals surface area contributed by atoms with Crippen molar-refractivity contribution < 1.29 is 0 Å². The molecule has 3 aliphatic rings. The molecule has 0 amide bonds. The molecule has 0 spiro atoms. The molecule has 1 aromatic rings. The van der Waals surface area contributed by atoms with Crippen LogP contribution in [0.15, 0.2) is 6.33 Å². The molecule has 1 N–H and O–H groups in total. The Morgan fingerprint density at radius 3 is 3.05 bits per heavy atom. The number of hydrogen-bond acceptors (Lipinski definition) is 4. The summed E-state index contributed by atoms with van der Waals surface area (Å²) >= 11 is 0. The summed E-state index contributed by atoms with van der Waals surface area (Å²) in [5.74, 6) is 1.90. The highest BCUT2D eigenvalue weighted by atomic mass is 15.2. The molecule has 1 saturated carbocycles. The molecule has 2 aliphatic carbocycles. The van der Waals surface area contributed by atoms with Crippen LogP contribution in [0.5, 0.6) is 0 Å². The molecule has 1 atom stereocenters. The maximum atomic E-state index is 4.44. The lowest BCUT2D eigenvalue weighted by molar-refractivity contribution is 0.316. The monoisotopic (exact) mass is 258 g/mol. The number of hydrogen-bond donors (Lipinski definition) is 1. The smallest absolute Gasteiger partial charge is 0.132 e. The Balaban J connectivity index is 1.36. The number of rotatable bonds is 4. The predicted octanol–water partition coefficient (Wildman–Crippen LogP) is 1.86. The van der Waals surface area contributed by atoms with E-state index in [4.69, 9.17) is 0 Å². The summed E-state index contributed by atoms with van der Waals surface area (Å²) in [5, 5.41) is 3.59. The van der Waals surface area contributed by atoms with Crippen molar-refractivity contribution in [3.05, 3.63) is 17.6 Å². The van der Waals surface area contributed by atoms with Gasteiger partial charge in [-0.25, -0.2) is 9.97 Å². The van der Waals surface area contributed by atoms with Gasteiger partial charge in [-0.3, -0.25) is 0 Å². The number of aryl methyl sites for hydroxylation is 1. The van der Waals surface area contributed by atoms with E-state index in [1.807, 2.05) is 0 Å². The summed E-state index contributed by atoms with van der Waals surface area (Å²) in [5.41, 5.74) is 2.64. The average molecular weight is 258 g/mol. The van der Waals surface area contributed by atoms with Crippen molar-refractivity contribution in [2.24, 2.45) is 5.92 Å². The van der Waals surface area contributed by atoms with E-state index in [0.29, 0.717) is 0 Å². The summed E-state index contributed by atoms with van der Waals surface area (Å²) in [6.07, 6.45) is 9.44. The van der Waals surface area contributed by atoms with Crippen LogP contribution in [0.4, 0.5) is 5.82 Å². The minimum absolute atomic E-state index is 0.799. The average Bonchev–Trinajstić information content (AvgIpc) is 3.00. The van der Waals surface area contributed by atoms with Gasteiger partial charge in [0.1, 0.15) is 12.1 Å². The van der Waals surface area contributed by atoms with Gasteiger partial charge < -0.3 is 10.2 Å². The van der Waals surface area contributed by atoms with E-state index in [9.17, 15) is 0 Å². The lowest BCUT2D eigenvalue weighted by Gasteiger charge is -2.16.